The number of ether oxygens (including phenoxy) is 1. The molecule has 1 aliphatic heterocycles. The van der Waals surface area contributed by atoms with E-state index in [0.717, 1.165) is 44.7 Å². The Kier molecular flexibility index (Phi) is 6.24. The van der Waals surface area contributed by atoms with Gasteiger partial charge in [0, 0.05) is 37.0 Å². The number of hydrogen-bond acceptors (Lipinski definition) is 4. The van der Waals surface area contributed by atoms with Crippen molar-refractivity contribution in [1.82, 2.24) is 10.2 Å². The lowest BCUT2D eigenvalue weighted by Crippen LogP contribution is -2.56. The summed E-state index contributed by atoms with van der Waals surface area (Å²) in [6, 6.07) is 17.7. The molecule has 33 heavy (non-hydrogen) atoms. The molecule has 1 N–H and O–H groups in total. The highest BCUT2D eigenvalue weighted by atomic mass is 16.5. The number of esters is 1. The lowest BCUT2D eigenvalue weighted by atomic mass is 9.58. The van der Waals surface area contributed by atoms with Crippen molar-refractivity contribution in [2.24, 2.45) is 11.8 Å². The summed E-state index contributed by atoms with van der Waals surface area (Å²) in [7, 11) is 0. The van der Waals surface area contributed by atoms with Crippen LogP contribution in [0, 0.1) is 11.8 Å². The summed E-state index contributed by atoms with van der Waals surface area (Å²) in [6.45, 7) is 4.88. The summed E-state index contributed by atoms with van der Waals surface area (Å²) >= 11 is 0. The Morgan fingerprint density at radius 3 is 2.64 bits per heavy atom. The van der Waals surface area contributed by atoms with E-state index in [1.807, 2.05) is 42.5 Å². The van der Waals surface area contributed by atoms with Crippen molar-refractivity contribution in [1.29, 1.82) is 0 Å². The van der Waals surface area contributed by atoms with Crippen LogP contribution in [0.15, 0.2) is 54.6 Å². The number of nitrogens with zero attached hydrogens (tertiary/aromatic N) is 1. The fraction of sp³-hybridized carbons (Fsp3) is 0.500. The maximum absolute atomic E-state index is 12.9. The molecule has 5 nitrogen and oxygen atoms in total. The molecule has 1 amide bonds. The number of nitrogens with one attached hydrogen (secondary N) is 1. The van der Waals surface area contributed by atoms with Crippen LogP contribution in [0.4, 0.5) is 0 Å². The standard InChI is InChI=1S/C28H34N2O3/c1-20(31)33-26-9-5-8-23(16-26)28-14-15-30(18-21-10-11-21)19-24(28)12-13-25(17-28)29-27(32)22-6-3-2-4-7-22/h2-9,16,21,24-25H,10-15,17-19H2,1H3,(H,29,32)/t24-,25-,28+/m1/s1. The van der Waals surface area contributed by atoms with E-state index in [-0.39, 0.29) is 23.3 Å². The molecule has 3 atom stereocenters. The van der Waals surface area contributed by atoms with Crippen molar-refractivity contribution in [3.8, 4) is 5.75 Å². The number of amides is 1. The zero-order valence-corrected chi connectivity index (χ0v) is 19.5. The summed E-state index contributed by atoms with van der Waals surface area (Å²) in [5, 5.41) is 3.33. The monoisotopic (exact) mass is 446 g/mol. The van der Waals surface area contributed by atoms with Crippen LogP contribution in [0.25, 0.3) is 0 Å². The van der Waals surface area contributed by atoms with E-state index in [1.165, 1.54) is 31.9 Å². The molecule has 2 aromatic rings. The highest BCUT2D eigenvalue weighted by Crippen LogP contribution is 2.50. The minimum atomic E-state index is -0.294. The SMILES string of the molecule is CC(=O)Oc1cccc([C@@]23CCN(CC4CC4)C[C@H]2CC[C@@H](NC(=O)c2ccccc2)C3)c1. The Balaban J connectivity index is 1.39. The summed E-state index contributed by atoms with van der Waals surface area (Å²) in [4.78, 5) is 27.1. The van der Waals surface area contributed by atoms with Crippen molar-refractivity contribution < 1.29 is 14.3 Å². The van der Waals surface area contributed by atoms with Crippen LogP contribution in [0.1, 0.15) is 61.4 Å². The first-order chi connectivity index (χ1) is 16.0. The van der Waals surface area contributed by atoms with Gasteiger partial charge in [-0.2, -0.15) is 0 Å². The van der Waals surface area contributed by atoms with Crippen LogP contribution in [0.3, 0.4) is 0 Å². The van der Waals surface area contributed by atoms with Gasteiger partial charge in [-0.3, -0.25) is 9.59 Å². The lowest BCUT2D eigenvalue weighted by Gasteiger charge is -2.53. The van der Waals surface area contributed by atoms with E-state index in [2.05, 4.69) is 22.3 Å². The molecule has 1 heterocycles. The number of carbonyl (C=O) groups excluding carboxylic acids is 2. The molecule has 0 bridgehead atoms. The van der Waals surface area contributed by atoms with Gasteiger partial charge < -0.3 is 15.0 Å². The molecule has 5 rings (SSSR count). The van der Waals surface area contributed by atoms with E-state index in [0.29, 0.717) is 17.2 Å². The van der Waals surface area contributed by atoms with Gasteiger partial charge in [-0.15, -0.1) is 0 Å². The smallest absolute Gasteiger partial charge is 0.308 e. The fourth-order valence-electron chi connectivity index (χ4n) is 6.07. The predicted octanol–water partition coefficient (Wildman–Crippen LogP) is 4.56. The number of benzene rings is 2. The van der Waals surface area contributed by atoms with Crippen LogP contribution >= 0.6 is 0 Å². The second-order valence-electron chi connectivity index (χ2n) is 10.2. The first-order valence-corrected chi connectivity index (χ1v) is 12.4. The molecule has 2 aromatic carbocycles. The van der Waals surface area contributed by atoms with Gasteiger partial charge in [0.25, 0.3) is 5.91 Å². The number of rotatable bonds is 6. The number of piperidine rings is 1. The molecular formula is C28H34N2O3. The maximum atomic E-state index is 12.9. The van der Waals surface area contributed by atoms with Gasteiger partial charge in [-0.25, -0.2) is 0 Å². The van der Waals surface area contributed by atoms with E-state index < -0.39 is 0 Å². The molecule has 0 unspecified atom stereocenters. The molecule has 1 saturated heterocycles. The van der Waals surface area contributed by atoms with Gasteiger partial charge >= 0.3 is 5.97 Å². The average molecular weight is 447 g/mol. The third-order valence-corrected chi connectivity index (χ3v) is 7.86. The highest BCUT2D eigenvalue weighted by Gasteiger charge is 2.48. The molecular weight excluding hydrogens is 412 g/mol. The molecule has 2 aliphatic carbocycles. The molecule has 2 saturated carbocycles. The van der Waals surface area contributed by atoms with Crippen molar-refractivity contribution in [3.63, 3.8) is 0 Å². The van der Waals surface area contributed by atoms with E-state index in [1.54, 1.807) is 0 Å². The minimum absolute atomic E-state index is 0.00836. The zero-order chi connectivity index (χ0) is 22.8. The zero-order valence-electron chi connectivity index (χ0n) is 19.5. The van der Waals surface area contributed by atoms with Crippen LogP contribution < -0.4 is 10.1 Å². The molecule has 3 fully saturated rings. The molecule has 3 aliphatic rings. The van der Waals surface area contributed by atoms with Gasteiger partial charge in [0.05, 0.1) is 0 Å². The number of likely N-dealkylation sites (tertiary alicyclic amines) is 1. The topological polar surface area (TPSA) is 58.6 Å². The average Bonchev–Trinajstić information content (AvgIpc) is 3.63. The highest BCUT2D eigenvalue weighted by molar-refractivity contribution is 5.94. The van der Waals surface area contributed by atoms with Crippen molar-refractivity contribution in [3.05, 3.63) is 65.7 Å². The summed E-state index contributed by atoms with van der Waals surface area (Å²) in [6.07, 6.45) is 6.86. The third kappa shape index (κ3) is 4.98. The lowest BCUT2D eigenvalue weighted by molar-refractivity contribution is -0.131. The number of carbonyl (C=O) groups is 2. The summed E-state index contributed by atoms with van der Waals surface area (Å²) in [5.74, 6) is 1.77. The largest absolute Gasteiger partial charge is 0.427 e. The number of hydrogen-bond donors (Lipinski definition) is 1. The minimum Gasteiger partial charge on any atom is -0.427 e. The van der Waals surface area contributed by atoms with Crippen LogP contribution in [-0.2, 0) is 10.2 Å². The molecule has 0 spiro atoms. The number of fused-ring (bicyclic) bond motifs is 1. The molecule has 174 valence electrons. The first kappa shape index (κ1) is 22.1. The second-order valence-corrected chi connectivity index (χ2v) is 10.2. The van der Waals surface area contributed by atoms with Crippen LogP contribution in [0.5, 0.6) is 5.75 Å². The first-order valence-electron chi connectivity index (χ1n) is 12.4. The Labute approximate surface area is 196 Å². The Bertz CT molecular complexity index is 1000. The van der Waals surface area contributed by atoms with Crippen LogP contribution in [0.2, 0.25) is 0 Å². The van der Waals surface area contributed by atoms with Crippen molar-refractivity contribution in [2.75, 3.05) is 19.6 Å². The van der Waals surface area contributed by atoms with Crippen molar-refractivity contribution >= 4 is 11.9 Å². The van der Waals surface area contributed by atoms with Gasteiger partial charge in [-0.1, -0.05) is 30.3 Å². The van der Waals surface area contributed by atoms with E-state index in [4.69, 9.17) is 4.74 Å². The van der Waals surface area contributed by atoms with Crippen LogP contribution in [-0.4, -0.2) is 42.5 Å². The van der Waals surface area contributed by atoms with Gasteiger partial charge in [0.2, 0.25) is 0 Å². The van der Waals surface area contributed by atoms with Crippen molar-refractivity contribution in [2.45, 2.75) is 56.9 Å². The van der Waals surface area contributed by atoms with E-state index >= 15 is 0 Å². The van der Waals surface area contributed by atoms with Gasteiger partial charge in [-0.05, 0) is 86.7 Å². The quantitative estimate of drug-likeness (QED) is 0.522. The van der Waals surface area contributed by atoms with E-state index in [9.17, 15) is 9.59 Å². The Morgan fingerprint density at radius 2 is 1.88 bits per heavy atom. The Hall–Kier alpha value is -2.66. The third-order valence-electron chi connectivity index (χ3n) is 7.86. The molecule has 0 radical (unpaired) electrons. The summed E-state index contributed by atoms with van der Waals surface area (Å²) < 4.78 is 5.43. The second kappa shape index (κ2) is 9.30. The maximum Gasteiger partial charge on any atom is 0.308 e. The van der Waals surface area contributed by atoms with Gasteiger partial charge in [0.1, 0.15) is 5.75 Å². The Morgan fingerprint density at radius 1 is 1.06 bits per heavy atom. The summed E-state index contributed by atoms with van der Waals surface area (Å²) in [5.41, 5.74) is 1.95. The molecule has 0 aromatic heterocycles. The predicted molar refractivity (Wildman–Crippen MR) is 128 cm³/mol. The van der Waals surface area contributed by atoms with Gasteiger partial charge in [0.15, 0.2) is 0 Å². The molecule has 5 heteroatoms. The fourth-order valence-corrected chi connectivity index (χ4v) is 6.07. The normalized spacial score (nSPS) is 27.4.